The van der Waals surface area contributed by atoms with Gasteiger partial charge in [-0.1, -0.05) is 19.3 Å². The number of thiophene rings is 1. The molecule has 1 heterocycles. The number of rotatable bonds is 4. The Kier molecular flexibility index (Phi) is 4.79. The van der Waals surface area contributed by atoms with E-state index >= 15 is 0 Å². The third-order valence-corrected chi connectivity index (χ3v) is 6.47. The molecule has 0 radical (unpaired) electrons. The summed E-state index contributed by atoms with van der Waals surface area (Å²) in [6, 6.07) is 1.99. The standard InChI is InChI=1S/C14H21N3O2S2/c1-17(9-10-6-4-3-5-7-10)14-13(21(2,18)19)12(16)11(8-15)20-14/h10H,3-7,9,16H2,1-2H3. The van der Waals surface area contributed by atoms with E-state index in [0.29, 0.717) is 10.9 Å². The summed E-state index contributed by atoms with van der Waals surface area (Å²) in [5.41, 5.74) is 5.95. The SMILES string of the molecule is CN(CC1CCCCC1)c1sc(C#N)c(N)c1S(C)(=O)=O. The topological polar surface area (TPSA) is 87.2 Å². The van der Waals surface area contributed by atoms with Gasteiger partial charge in [0.05, 0.1) is 5.69 Å². The normalized spacial score (nSPS) is 16.6. The summed E-state index contributed by atoms with van der Waals surface area (Å²) in [5, 5.41) is 9.69. The van der Waals surface area contributed by atoms with Gasteiger partial charge in [0.2, 0.25) is 0 Å². The Bertz CT molecular complexity index is 652. The third-order valence-electron chi connectivity index (χ3n) is 3.96. The maximum absolute atomic E-state index is 12.0. The molecule has 0 unspecified atom stereocenters. The first-order valence-electron chi connectivity index (χ1n) is 7.08. The van der Waals surface area contributed by atoms with E-state index in [2.05, 4.69) is 0 Å². The van der Waals surface area contributed by atoms with Crippen molar-refractivity contribution in [3.8, 4) is 6.07 Å². The van der Waals surface area contributed by atoms with Crippen LogP contribution in [0.15, 0.2) is 4.90 Å². The lowest BCUT2D eigenvalue weighted by molar-refractivity contribution is 0.362. The van der Waals surface area contributed by atoms with Crippen LogP contribution in [0.5, 0.6) is 0 Å². The Morgan fingerprint density at radius 3 is 2.52 bits per heavy atom. The molecule has 7 heteroatoms. The van der Waals surface area contributed by atoms with Crippen LogP contribution in [0.3, 0.4) is 0 Å². The van der Waals surface area contributed by atoms with E-state index in [4.69, 9.17) is 11.0 Å². The van der Waals surface area contributed by atoms with Crippen molar-refractivity contribution in [3.05, 3.63) is 4.88 Å². The van der Waals surface area contributed by atoms with E-state index in [1.165, 1.54) is 43.4 Å². The second-order valence-electron chi connectivity index (χ2n) is 5.75. The van der Waals surface area contributed by atoms with E-state index in [9.17, 15) is 8.42 Å². The number of nitriles is 1. The number of nitrogens with two attached hydrogens (primary N) is 1. The van der Waals surface area contributed by atoms with Gasteiger partial charge in [0, 0.05) is 19.8 Å². The van der Waals surface area contributed by atoms with Gasteiger partial charge in [-0.15, -0.1) is 11.3 Å². The van der Waals surface area contributed by atoms with Crippen molar-refractivity contribution < 1.29 is 8.42 Å². The van der Waals surface area contributed by atoms with Gasteiger partial charge in [-0.3, -0.25) is 0 Å². The number of hydrogen-bond donors (Lipinski definition) is 1. The minimum absolute atomic E-state index is 0.0931. The van der Waals surface area contributed by atoms with Crippen molar-refractivity contribution in [2.75, 3.05) is 30.5 Å². The lowest BCUT2D eigenvalue weighted by atomic mass is 9.89. The van der Waals surface area contributed by atoms with E-state index in [-0.39, 0.29) is 15.5 Å². The Labute approximate surface area is 130 Å². The van der Waals surface area contributed by atoms with Crippen molar-refractivity contribution in [3.63, 3.8) is 0 Å². The monoisotopic (exact) mass is 327 g/mol. The zero-order chi connectivity index (χ0) is 15.6. The third kappa shape index (κ3) is 3.50. The first kappa shape index (κ1) is 16.1. The Morgan fingerprint density at radius 2 is 2.00 bits per heavy atom. The highest BCUT2D eigenvalue weighted by Crippen LogP contribution is 2.41. The van der Waals surface area contributed by atoms with Crippen LogP contribution in [0.2, 0.25) is 0 Å². The molecule has 0 bridgehead atoms. The van der Waals surface area contributed by atoms with Crippen molar-refractivity contribution in [1.29, 1.82) is 5.26 Å². The molecule has 0 aromatic carbocycles. The van der Waals surface area contributed by atoms with Gasteiger partial charge in [-0.05, 0) is 18.8 Å². The number of nitrogens with zero attached hydrogens (tertiary/aromatic N) is 2. The molecule has 1 aromatic heterocycles. The predicted octanol–water partition coefficient (Wildman–Crippen LogP) is 2.62. The molecule has 0 spiro atoms. The molecule has 21 heavy (non-hydrogen) atoms. The molecule has 2 N–H and O–H groups in total. The highest BCUT2D eigenvalue weighted by Gasteiger charge is 2.27. The van der Waals surface area contributed by atoms with Crippen LogP contribution in [0.25, 0.3) is 0 Å². The second-order valence-corrected chi connectivity index (χ2v) is 8.70. The molecular formula is C14H21N3O2S2. The molecule has 2 rings (SSSR count). The summed E-state index contributed by atoms with van der Waals surface area (Å²) in [4.78, 5) is 2.34. The fourth-order valence-corrected chi connectivity index (χ4v) is 5.45. The zero-order valence-corrected chi connectivity index (χ0v) is 14.1. The summed E-state index contributed by atoms with van der Waals surface area (Å²) >= 11 is 1.17. The Morgan fingerprint density at radius 1 is 1.38 bits per heavy atom. The fraction of sp³-hybridized carbons (Fsp3) is 0.643. The van der Waals surface area contributed by atoms with Gasteiger partial charge in [0.15, 0.2) is 9.84 Å². The van der Waals surface area contributed by atoms with E-state index < -0.39 is 9.84 Å². The second kappa shape index (κ2) is 6.24. The predicted molar refractivity (Wildman–Crippen MR) is 86.4 cm³/mol. The largest absolute Gasteiger partial charge is 0.396 e. The van der Waals surface area contributed by atoms with E-state index in [1.54, 1.807) is 0 Å². The van der Waals surface area contributed by atoms with Gasteiger partial charge in [0.25, 0.3) is 0 Å². The van der Waals surface area contributed by atoms with Crippen LogP contribution < -0.4 is 10.6 Å². The van der Waals surface area contributed by atoms with Crippen LogP contribution in [-0.2, 0) is 9.84 Å². The van der Waals surface area contributed by atoms with Crippen molar-refractivity contribution >= 4 is 31.9 Å². The summed E-state index contributed by atoms with van der Waals surface area (Å²) in [7, 11) is -1.56. The maximum atomic E-state index is 12.0. The molecule has 5 nitrogen and oxygen atoms in total. The Hall–Kier alpha value is -1.26. The lowest BCUT2D eigenvalue weighted by Crippen LogP contribution is -2.27. The summed E-state index contributed by atoms with van der Waals surface area (Å²) in [6.45, 7) is 0.813. The molecule has 0 atom stereocenters. The minimum Gasteiger partial charge on any atom is -0.396 e. The van der Waals surface area contributed by atoms with E-state index in [0.717, 1.165) is 12.8 Å². The fourth-order valence-electron chi connectivity index (χ4n) is 2.95. The summed E-state index contributed by atoms with van der Waals surface area (Å²) in [6.07, 6.45) is 7.29. The van der Waals surface area contributed by atoms with Crippen LogP contribution in [0.1, 0.15) is 37.0 Å². The lowest BCUT2D eigenvalue weighted by Gasteiger charge is -2.28. The highest BCUT2D eigenvalue weighted by molar-refractivity contribution is 7.91. The molecule has 1 saturated carbocycles. The zero-order valence-electron chi connectivity index (χ0n) is 12.4. The van der Waals surface area contributed by atoms with Crippen molar-refractivity contribution in [2.45, 2.75) is 37.0 Å². The molecular weight excluding hydrogens is 306 g/mol. The van der Waals surface area contributed by atoms with Crippen molar-refractivity contribution in [1.82, 2.24) is 0 Å². The van der Waals surface area contributed by atoms with Gasteiger partial charge in [-0.2, -0.15) is 5.26 Å². The molecule has 1 aromatic rings. The molecule has 1 aliphatic rings. The van der Waals surface area contributed by atoms with Gasteiger partial charge in [-0.25, -0.2) is 8.42 Å². The van der Waals surface area contributed by atoms with Crippen LogP contribution in [-0.4, -0.2) is 28.3 Å². The first-order valence-corrected chi connectivity index (χ1v) is 9.79. The minimum atomic E-state index is -3.45. The summed E-state index contributed by atoms with van der Waals surface area (Å²) in [5.74, 6) is 0.588. The highest BCUT2D eigenvalue weighted by atomic mass is 32.2. The molecule has 0 amide bonds. The van der Waals surface area contributed by atoms with Gasteiger partial charge in [0.1, 0.15) is 20.8 Å². The average molecular weight is 327 g/mol. The van der Waals surface area contributed by atoms with Crippen LogP contribution in [0, 0.1) is 17.2 Å². The molecule has 1 aliphatic carbocycles. The molecule has 1 fully saturated rings. The van der Waals surface area contributed by atoms with Crippen LogP contribution in [0.4, 0.5) is 10.7 Å². The van der Waals surface area contributed by atoms with Crippen molar-refractivity contribution in [2.24, 2.45) is 5.92 Å². The first-order chi connectivity index (χ1) is 9.84. The summed E-state index contributed by atoms with van der Waals surface area (Å²) < 4.78 is 24.0. The Balaban J connectivity index is 2.32. The van der Waals surface area contributed by atoms with E-state index in [1.807, 2.05) is 18.0 Å². The smallest absolute Gasteiger partial charge is 0.180 e. The van der Waals surface area contributed by atoms with Gasteiger partial charge >= 0.3 is 0 Å². The number of nitrogen functional groups attached to an aromatic ring is 1. The maximum Gasteiger partial charge on any atom is 0.180 e. The number of sulfone groups is 1. The molecule has 0 saturated heterocycles. The number of hydrogen-bond acceptors (Lipinski definition) is 6. The quantitative estimate of drug-likeness (QED) is 0.918. The van der Waals surface area contributed by atoms with Crippen LogP contribution >= 0.6 is 11.3 Å². The molecule has 0 aliphatic heterocycles. The number of anilines is 2. The molecule has 116 valence electrons. The van der Waals surface area contributed by atoms with Gasteiger partial charge < -0.3 is 10.6 Å². The average Bonchev–Trinajstić information content (AvgIpc) is 2.76.